The largest absolute Gasteiger partial charge is 0.330 e. The molecular weight excluding hydrogens is 322 g/mol. The van der Waals surface area contributed by atoms with Gasteiger partial charge in [-0.05, 0) is 42.5 Å². The van der Waals surface area contributed by atoms with Crippen molar-refractivity contribution in [3.8, 4) is 11.8 Å². The van der Waals surface area contributed by atoms with E-state index >= 15 is 0 Å². The molecule has 0 aliphatic rings. The minimum atomic E-state index is 0.579. The first kappa shape index (κ1) is 12.2. The molecule has 0 atom stereocenters. The zero-order valence-electron chi connectivity index (χ0n) is 9.72. The molecule has 92 valence electrons. The molecule has 0 aliphatic heterocycles. The predicted octanol–water partition coefficient (Wildman–Crippen LogP) is 4.32. The number of nitrogens with zero attached hydrogens (tertiary/aromatic N) is 2. The smallest absolute Gasteiger partial charge is 0.182 e. The molecule has 3 rings (SSSR count). The van der Waals surface area contributed by atoms with E-state index in [4.69, 9.17) is 12.2 Å². The third kappa shape index (κ3) is 1.99. The second kappa shape index (κ2) is 4.65. The number of imidazole rings is 1. The molecule has 0 radical (unpaired) electrons. The van der Waals surface area contributed by atoms with Crippen molar-refractivity contribution in [2.24, 2.45) is 0 Å². The van der Waals surface area contributed by atoms with Crippen LogP contribution in [0.5, 0.6) is 0 Å². The van der Waals surface area contributed by atoms with Crippen molar-refractivity contribution in [2.45, 2.75) is 0 Å². The highest BCUT2D eigenvalue weighted by molar-refractivity contribution is 9.10. The maximum Gasteiger partial charge on any atom is 0.182 e. The van der Waals surface area contributed by atoms with Crippen LogP contribution in [0.1, 0.15) is 5.56 Å². The van der Waals surface area contributed by atoms with Gasteiger partial charge in [-0.25, -0.2) is 0 Å². The van der Waals surface area contributed by atoms with Crippen LogP contribution in [-0.4, -0.2) is 9.55 Å². The minimum absolute atomic E-state index is 0.579. The van der Waals surface area contributed by atoms with Gasteiger partial charge in [-0.3, -0.25) is 4.57 Å². The summed E-state index contributed by atoms with van der Waals surface area (Å²) in [5.74, 6) is 0. The Morgan fingerprint density at radius 2 is 2.00 bits per heavy atom. The van der Waals surface area contributed by atoms with Crippen molar-refractivity contribution in [1.29, 1.82) is 5.26 Å². The van der Waals surface area contributed by atoms with Crippen LogP contribution in [-0.2, 0) is 0 Å². The Labute approximate surface area is 123 Å². The molecule has 0 aliphatic carbocycles. The Morgan fingerprint density at radius 3 is 2.79 bits per heavy atom. The van der Waals surface area contributed by atoms with E-state index in [1.165, 1.54) is 0 Å². The molecule has 0 fully saturated rings. The second-order valence-electron chi connectivity index (χ2n) is 4.06. The van der Waals surface area contributed by atoms with E-state index in [1.807, 2.05) is 41.0 Å². The summed E-state index contributed by atoms with van der Waals surface area (Å²) in [5, 5.41) is 9.25. The number of H-pyrrole nitrogens is 1. The number of hydrogen-bond donors (Lipinski definition) is 1. The lowest BCUT2D eigenvalue weighted by Crippen LogP contribution is -1.97. The van der Waals surface area contributed by atoms with Crippen LogP contribution < -0.4 is 0 Å². The molecule has 0 saturated heterocycles. The average Bonchev–Trinajstić information content (AvgIpc) is 2.74. The minimum Gasteiger partial charge on any atom is -0.330 e. The zero-order valence-corrected chi connectivity index (χ0v) is 12.1. The van der Waals surface area contributed by atoms with Crippen molar-refractivity contribution in [2.75, 3.05) is 0 Å². The van der Waals surface area contributed by atoms with Crippen LogP contribution in [0.25, 0.3) is 16.7 Å². The standard InChI is InChI=1S/C14H8BrN3S/c15-10-6-5-9(8-16)13(7-10)18-12-4-2-1-3-11(12)17-14(18)19/h1-7H,(H,17,19). The highest BCUT2D eigenvalue weighted by Crippen LogP contribution is 2.24. The molecule has 1 N–H and O–H groups in total. The van der Waals surface area contributed by atoms with Crippen LogP contribution in [0.15, 0.2) is 46.9 Å². The lowest BCUT2D eigenvalue weighted by molar-refractivity contribution is 1.06. The predicted molar refractivity (Wildman–Crippen MR) is 80.9 cm³/mol. The monoisotopic (exact) mass is 329 g/mol. The summed E-state index contributed by atoms with van der Waals surface area (Å²) in [6.45, 7) is 0. The molecule has 0 spiro atoms. The first-order valence-corrected chi connectivity index (χ1v) is 6.80. The summed E-state index contributed by atoms with van der Waals surface area (Å²) in [4.78, 5) is 3.15. The number of para-hydroxylation sites is 2. The highest BCUT2D eigenvalue weighted by Gasteiger charge is 2.10. The van der Waals surface area contributed by atoms with Gasteiger partial charge < -0.3 is 4.98 Å². The molecule has 0 saturated carbocycles. The number of nitrogens with one attached hydrogen (secondary N) is 1. The van der Waals surface area contributed by atoms with Crippen molar-refractivity contribution in [1.82, 2.24) is 9.55 Å². The molecule has 19 heavy (non-hydrogen) atoms. The van der Waals surface area contributed by atoms with Gasteiger partial charge in [0.2, 0.25) is 0 Å². The van der Waals surface area contributed by atoms with Gasteiger partial charge in [-0.15, -0.1) is 0 Å². The quantitative estimate of drug-likeness (QED) is 0.675. The first-order valence-electron chi connectivity index (χ1n) is 5.60. The van der Waals surface area contributed by atoms with Gasteiger partial charge in [0.05, 0.1) is 22.3 Å². The van der Waals surface area contributed by atoms with Crippen LogP contribution in [0.3, 0.4) is 0 Å². The molecule has 3 aromatic rings. The summed E-state index contributed by atoms with van der Waals surface area (Å²) < 4.78 is 3.37. The van der Waals surface area contributed by atoms with Crippen LogP contribution >= 0.6 is 28.1 Å². The SMILES string of the molecule is N#Cc1ccc(Br)cc1-n1c(=S)[nH]c2ccccc21. The maximum absolute atomic E-state index is 9.25. The number of aromatic nitrogens is 2. The first-order chi connectivity index (χ1) is 9.20. The van der Waals surface area contributed by atoms with E-state index < -0.39 is 0 Å². The normalized spacial score (nSPS) is 10.5. The fourth-order valence-electron chi connectivity index (χ4n) is 2.08. The van der Waals surface area contributed by atoms with E-state index in [0.29, 0.717) is 10.3 Å². The van der Waals surface area contributed by atoms with E-state index in [1.54, 1.807) is 6.07 Å². The molecule has 1 heterocycles. The van der Waals surface area contributed by atoms with Crippen molar-refractivity contribution in [3.05, 3.63) is 57.3 Å². The molecule has 0 unspecified atom stereocenters. The number of hydrogen-bond acceptors (Lipinski definition) is 2. The lowest BCUT2D eigenvalue weighted by atomic mass is 10.2. The van der Waals surface area contributed by atoms with E-state index in [-0.39, 0.29) is 0 Å². The number of rotatable bonds is 1. The maximum atomic E-state index is 9.25. The molecule has 3 nitrogen and oxygen atoms in total. The topological polar surface area (TPSA) is 44.5 Å². The van der Waals surface area contributed by atoms with E-state index in [9.17, 15) is 5.26 Å². The molecule has 0 amide bonds. The summed E-state index contributed by atoms with van der Waals surface area (Å²) in [6, 6.07) is 15.6. The molecule has 5 heteroatoms. The summed E-state index contributed by atoms with van der Waals surface area (Å²) in [5.41, 5.74) is 3.28. The van der Waals surface area contributed by atoms with Gasteiger partial charge in [-0.1, -0.05) is 28.1 Å². The summed E-state index contributed by atoms with van der Waals surface area (Å²) in [7, 11) is 0. The van der Waals surface area contributed by atoms with Crippen molar-refractivity contribution < 1.29 is 0 Å². The fourth-order valence-corrected chi connectivity index (χ4v) is 2.73. The van der Waals surface area contributed by atoms with Crippen molar-refractivity contribution >= 4 is 39.2 Å². The Balaban J connectivity index is 2.43. The Kier molecular flexibility index (Phi) is 2.97. The third-order valence-corrected chi connectivity index (χ3v) is 3.69. The Morgan fingerprint density at radius 1 is 1.21 bits per heavy atom. The lowest BCUT2D eigenvalue weighted by Gasteiger charge is -2.07. The fraction of sp³-hybridized carbons (Fsp3) is 0. The van der Waals surface area contributed by atoms with Crippen LogP contribution in [0.2, 0.25) is 0 Å². The number of benzene rings is 2. The number of fused-ring (bicyclic) bond motifs is 1. The molecule has 0 bridgehead atoms. The van der Waals surface area contributed by atoms with E-state index in [2.05, 4.69) is 27.0 Å². The Bertz CT molecular complexity index is 870. The number of aromatic amines is 1. The van der Waals surface area contributed by atoms with Crippen LogP contribution in [0, 0.1) is 16.1 Å². The molecule has 1 aromatic heterocycles. The number of halogens is 1. The Hall–Kier alpha value is -1.90. The van der Waals surface area contributed by atoms with Gasteiger partial charge in [-0.2, -0.15) is 5.26 Å². The van der Waals surface area contributed by atoms with Gasteiger partial charge in [0.25, 0.3) is 0 Å². The summed E-state index contributed by atoms with van der Waals surface area (Å²) in [6.07, 6.45) is 0. The molecular formula is C14H8BrN3S. The number of nitriles is 1. The average molecular weight is 330 g/mol. The van der Waals surface area contributed by atoms with Gasteiger partial charge in [0.1, 0.15) is 6.07 Å². The van der Waals surface area contributed by atoms with Crippen molar-refractivity contribution in [3.63, 3.8) is 0 Å². The van der Waals surface area contributed by atoms with Crippen LogP contribution in [0.4, 0.5) is 0 Å². The third-order valence-electron chi connectivity index (χ3n) is 2.91. The van der Waals surface area contributed by atoms with Gasteiger partial charge in [0, 0.05) is 4.47 Å². The summed E-state index contributed by atoms with van der Waals surface area (Å²) >= 11 is 8.80. The van der Waals surface area contributed by atoms with Gasteiger partial charge in [0.15, 0.2) is 4.77 Å². The zero-order chi connectivity index (χ0) is 13.4. The molecule has 2 aromatic carbocycles. The van der Waals surface area contributed by atoms with E-state index in [0.717, 1.165) is 21.2 Å². The second-order valence-corrected chi connectivity index (χ2v) is 5.36. The highest BCUT2D eigenvalue weighted by atomic mass is 79.9. The van der Waals surface area contributed by atoms with Gasteiger partial charge >= 0.3 is 0 Å².